The zero-order chi connectivity index (χ0) is 31.2. The Balaban J connectivity index is 1.30. The van der Waals surface area contributed by atoms with E-state index in [2.05, 4.69) is 20.3 Å². The molecule has 3 atom stereocenters. The SMILES string of the molecule is O=C(Nc1nc(OCCc2ccc([N+](=O)[O-])cc2)c2ncn([C@H]3C[C@H](O)[C@@H](CO)O3)c2n1)OCCc1ccc([N+](=O)[O-])cc1. The highest BCUT2D eigenvalue weighted by atomic mass is 16.6. The lowest BCUT2D eigenvalue weighted by Crippen LogP contribution is -2.24. The summed E-state index contributed by atoms with van der Waals surface area (Å²) in [6, 6.07) is 11.9. The Labute approximate surface area is 248 Å². The maximum absolute atomic E-state index is 12.6. The zero-order valence-electron chi connectivity index (χ0n) is 23.0. The Hall–Kier alpha value is -5.26. The number of amides is 1. The number of imidazole rings is 1. The monoisotopic (exact) mass is 609 g/mol. The van der Waals surface area contributed by atoms with Crippen molar-refractivity contribution in [3.05, 3.63) is 86.2 Å². The molecule has 2 aromatic heterocycles. The summed E-state index contributed by atoms with van der Waals surface area (Å²) in [4.78, 5) is 46.3. The Bertz CT molecular complexity index is 1650. The number of nitro groups is 2. The van der Waals surface area contributed by atoms with Gasteiger partial charge in [-0.1, -0.05) is 24.3 Å². The molecular weight excluding hydrogens is 582 g/mol. The number of nitrogens with one attached hydrogen (secondary N) is 1. The highest BCUT2D eigenvalue weighted by Crippen LogP contribution is 2.33. The number of ether oxygens (including phenoxy) is 3. The number of nitrogens with zero attached hydrogens (tertiary/aromatic N) is 6. The van der Waals surface area contributed by atoms with Gasteiger partial charge in [0.05, 0.1) is 42.1 Å². The molecule has 4 aromatic rings. The zero-order valence-corrected chi connectivity index (χ0v) is 23.0. The quantitative estimate of drug-likeness (QED) is 0.155. The van der Waals surface area contributed by atoms with E-state index < -0.39 is 34.4 Å². The summed E-state index contributed by atoms with van der Waals surface area (Å²) in [6.45, 7) is -0.297. The average molecular weight is 610 g/mol. The van der Waals surface area contributed by atoms with Crippen LogP contribution in [0.3, 0.4) is 0 Å². The van der Waals surface area contributed by atoms with E-state index in [-0.39, 0.29) is 60.6 Å². The van der Waals surface area contributed by atoms with Crippen LogP contribution in [0, 0.1) is 20.2 Å². The maximum atomic E-state index is 12.6. The standard InChI is InChI=1S/C27H27N7O10/c35-14-21-20(36)13-22(44-21)32-15-28-23-24(32)29-26(30-25(23)42-11-9-16-1-5-18(6-2-16)33(38)39)31-27(37)43-12-10-17-3-7-19(8-4-17)34(40)41/h1-8,15,20-22,35-36H,9-14H2,(H,29,30,31,37)/t20-,21+,22+/m0/s1. The van der Waals surface area contributed by atoms with Gasteiger partial charge in [0.15, 0.2) is 11.2 Å². The second-order valence-corrected chi connectivity index (χ2v) is 9.75. The number of anilines is 1. The number of hydrogen-bond donors (Lipinski definition) is 3. The molecule has 0 radical (unpaired) electrons. The van der Waals surface area contributed by atoms with Gasteiger partial charge in [0.25, 0.3) is 11.4 Å². The molecule has 0 saturated carbocycles. The Morgan fingerprint density at radius 1 is 1.00 bits per heavy atom. The average Bonchev–Trinajstić information content (AvgIpc) is 3.60. The van der Waals surface area contributed by atoms with Crippen LogP contribution in [0.4, 0.5) is 22.1 Å². The maximum Gasteiger partial charge on any atom is 0.414 e. The van der Waals surface area contributed by atoms with Crippen molar-refractivity contribution in [2.75, 3.05) is 25.1 Å². The van der Waals surface area contributed by atoms with Gasteiger partial charge >= 0.3 is 6.09 Å². The van der Waals surface area contributed by atoms with Crippen LogP contribution >= 0.6 is 0 Å². The Morgan fingerprint density at radius 3 is 2.18 bits per heavy atom. The molecule has 1 saturated heterocycles. The molecule has 17 heteroatoms. The van der Waals surface area contributed by atoms with Crippen molar-refractivity contribution in [3.63, 3.8) is 0 Å². The van der Waals surface area contributed by atoms with Crippen LogP contribution in [-0.4, -0.2) is 77.7 Å². The van der Waals surface area contributed by atoms with Crippen LogP contribution in [0.1, 0.15) is 23.8 Å². The third-order valence-corrected chi connectivity index (χ3v) is 6.85. The van der Waals surface area contributed by atoms with E-state index in [1.807, 2.05) is 0 Å². The van der Waals surface area contributed by atoms with Crippen LogP contribution in [-0.2, 0) is 22.3 Å². The molecule has 3 heterocycles. The second kappa shape index (κ2) is 13.4. The molecule has 0 spiro atoms. The minimum absolute atomic E-state index is 0.0290. The fourth-order valence-electron chi connectivity index (χ4n) is 4.53. The van der Waals surface area contributed by atoms with E-state index in [1.54, 1.807) is 24.3 Å². The first-order valence-corrected chi connectivity index (χ1v) is 13.4. The van der Waals surface area contributed by atoms with Gasteiger partial charge in [-0.2, -0.15) is 9.97 Å². The molecule has 44 heavy (non-hydrogen) atoms. The van der Waals surface area contributed by atoms with Crippen molar-refractivity contribution in [1.82, 2.24) is 19.5 Å². The molecule has 0 bridgehead atoms. The van der Waals surface area contributed by atoms with Crippen LogP contribution < -0.4 is 10.1 Å². The molecule has 1 amide bonds. The second-order valence-electron chi connectivity index (χ2n) is 9.75. The first-order valence-electron chi connectivity index (χ1n) is 13.4. The summed E-state index contributed by atoms with van der Waals surface area (Å²) >= 11 is 0. The lowest BCUT2D eigenvalue weighted by atomic mass is 10.1. The van der Waals surface area contributed by atoms with Crippen molar-refractivity contribution in [3.8, 4) is 5.88 Å². The number of carbonyl (C=O) groups is 1. The summed E-state index contributed by atoms with van der Waals surface area (Å²) in [5.41, 5.74) is 1.90. The van der Waals surface area contributed by atoms with Gasteiger partial charge in [0.1, 0.15) is 12.3 Å². The first kappa shape index (κ1) is 30.2. The van der Waals surface area contributed by atoms with E-state index in [0.29, 0.717) is 12.8 Å². The van der Waals surface area contributed by atoms with Gasteiger partial charge in [0.2, 0.25) is 11.8 Å². The van der Waals surface area contributed by atoms with E-state index in [9.17, 15) is 35.2 Å². The number of aliphatic hydroxyl groups is 2. The fourth-order valence-corrected chi connectivity index (χ4v) is 4.53. The van der Waals surface area contributed by atoms with Gasteiger partial charge < -0.3 is 24.4 Å². The molecule has 1 aliphatic rings. The smallest absolute Gasteiger partial charge is 0.414 e. The van der Waals surface area contributed by atoms with Crippen molar-refractivity contribution in [2.24, 2.45) is 0 Å². The lowest BCUT2D eigenvalue weighted by Gasteiger charge is -2.14. The Morgan fingerprint density at radius 2 is 1.61 bits per heavy atom. The van der Waals surface area contributed by atoms with Crippen molar-refractivity contribution in [2.45, 2.75) is 37.7 Å². The summed E-state index contributed by atoms with van der Waals surface area (Å²) in [5.74, 6) is -0.128. The van der Waals surface area contributed by atoms with Crippen LogP contribution in [0.25, 0.3) is 11.2 Å². The predicted molar refractivity (Wildman–Crippen MR) is 151 cm³/mol. The molecule has 3 N–H and O–H groups in total. The number of aromatic nitrogens is 4. The number of rotatable bonds is 12. The predicted octanol–water partition coefficient (Wildman–Crippen LogP) is 2.70. The molecule has 0 unspecified atom stereocenters. The molecular formula is C27H27N7O10. The first-order chi connectivity index (χ1) is 21.2. The number of carbonyl (C=O) groups excluding carboxylic acids is 1. The topological polar surface area (TPSA) is 227 Å². The highest BCUT2D eigenvalue weighted by Gasteiger charge is 2.35. The van der Waals surface area contributed by atoms with Gasteiger partial charge in [-0.25, -0.2) is 9.78 Å². The van der Waals surface area contributed by atoms with Crippen LogP contribution in [0.15, 0.2) is 54.9 Å². The van der Waals surface area contributed by atoms with Crippen LogP contribution in [0.2, 0.25) is 0 Å². The number of nitro benzene ring substituents is 2. The van der Waals surface area contributed by atoms with E-state index in [1.165, 1.54) is 35.2 Å². The number of benzene rings is 2. The number of fused-ring (bicyclic) bond motifs is 1. The largest absolute Gasteiger partial charge is 0.476 e. The summed E-state index contributed by atoms with van der Waals surface area (Å²) in [6.07, 6.45) is -1.00. The summed E-state index contributed by atoms with van der Waals surface area (Å²) in [5, 5.41) is 43.9. The third-order valence-electron chi connectivity index (χ3n) is 6.85. The molecule has 1 aliphatic heterocycles. The number of aliphatic hydroxyl groups excluding tert-OH is 2. The normalized spacial score (nSPS) is 17.8. The van der Waals surface area contributed by atoms with Gasteiger partial charge in [-0.15, -0.1) is 0 Å². The molecule has 5 rings (SSSR count). The molecule has 2 aromatic carbocycles. The summed E-state index contributed by atoms with van der Waals surface area (Å²) in [7, 11) is 0. The lowest BCUT2D eigenvalue weighted by molar-refractivity contribution is -0.385. The molecule has 1 fully saturated rings. The van der Waals surface area contributed by atoms with E-state index >= 15 is 0 Å². The minimum atomic E-state index is -0.912. The molecule has 17 nitrogen and oxygen atoms in total. The molecule has 230 valence electrons. The van der Waals surface area contributed by atoms with Crippen molar-refractivity contribution >= 4 is 34.6 Å². The third kappa shape index (κ3) is 7.02. The van der Waals surface area contributed by atoms with E-state index in [0.717, 1.165) is 11.1 Å². The highest BCUT2D eigenvalue weighted by molar-refractivity contribution is 5.85. The van der Waals surface area contributed by atoms with Crippen molar-refractivity contribution in [1.29, 1.82) is 0 Å². The van der Waals surface area contributed by atoms with E-state index in [4.69, 9.17) is 14.2 Å². The van der Waals surface area contributed by atoms with Gasteiger partial charge in [-0.3, -0.25) is 30.1 Å². The fraction of sp³-hybridized carbons (Fsp3) is 0.333. The van der Waals surface area contributed by atoms with Gasteiger partial charge in [-0.05, 0) is 11.1 Å². The van der Waals surface area contributed by atoms with Crippen LogP contribution in [0.5, 0.6) is 5.88 Å². The van der Waals surface area contributed by atoms with Crippen molar-refractivity contribution < 1.29 is 39.1 Å². The Kier molecular flexibility index (Phi) is 9.17. The number of non-ortho nitro benzene ring substituents is 2. The van der Waals surface area contributed by atoms with Gasteiger partial charge in [0, 0.05) is 43.5 Å². The number of hydrogen-bond acceptors (Lipinski definition) is 13. The summed E-state index contributed by atoms with van der Waals surface area (Å²) < 4.78 is 18.4. The molecule has 0 aliphatic carbocycles. The minimum Gasteiger partial charge on any atom is -0.476 e.